The van der Waals surface area contributed by atoms with Gasteiger partial charge in [0.2, 0.25) is 0 Å². The Kier molecular flexibility index (Phi) is 8.11. The molecule has 2 rings (SSSR count). The monoisotopic (exact) mass is 443 g/mol. The molecule has 1 N–H and O–H groups in total. The molecule has 0 aliphatic heterocycles. The minimum Gasteiger partial charge on any atom is -0.467 e. The molecule has 0 aliphatic carbocycles. The van der Waals surface area contributed by atoms with Gasteiger partial charge >= 0.3 is 11.9 Å². The Balaban J connectivity index is 2.00. The fraction of sp³-hybridized carbons (Fsp3) is 0.211. The van der Waals surface area contributed by atoms with Crippen LogP contribution in [0.2, 0.25) is 15.1 Å². The van der Waals surface area contributed by atoms with E-state index in [0.717, 1.165) is 5.56 Å². The van der Waals surface area contributed by atoms with Gasteiger partial charge in [-0.3, -0.25) is 4.79 Å². The fourth-order valence-electron chi connectivity index (χ4n) is 2.34. The average molecular weight is 445 g/mol. The predicted octanol–water partition coefficient (Wildman–Crippen LogP) is 3.70. The summed E-state index contributed by atoms with van der Waals surface area (Å²) >= 11 is 17.8. The number of carbonyl (C=O) groups is 3. The zero-order chi connectivity index (χ0) is 20.7. The Hall–Kier alpha value is -2.28. The number of ether oxygens (including phenoxy) is 2. The molecule has 0 spiro atoms. The molecule has 1 unspecified atom stereocenters. The standard InChI is InChI=1S/C19H16Cl3NO5/c1-27-18(25)14(9-11-5-3-2-4-6-11)23-15(24)10-28-19(26)16-12(20)7-8-13(21)17(16)22/h2-8,14H,9-10H2,1H3,(H,23,24). The molecule has 1 amide bonds. The smallest absolute Gasteiger partial charge is 0.341 e. The first-order chi connectivity index (χ1) is 13.3. The molecule has 28 heavy (non-hydrogen) atoms. The highest BCUT2D eigenvalue weighted by Crippen LogP contribution is 2.31. The lowest BCUT2D eigenvalue weighted by molar-refractivity contribution is -0.145. The molecule has 0 saturated carbocycles. The van der Waals surface area contributed by atoms with Crippen molar-refractivity contribution >= 4 is 52.6 Å². The van der Waals surface area contributed by atoms with Crippen LogP contribution in [0.1, 0.15) is 15.9 Å². The molecule has 6 nitrogen and oxygen atoms in total. The lowest BCUT2D eigenvalue weighted by atomic mass is 10.1. The van der Waals surface area contributed by atoms with Gasteiger partial charge in [-0.05, 0) is 17.7 Å². The van der Waals surface area contributed by atoms with Crippen LogP contribution in [0.3, 0.4) is 0 Å². The van der Waals surface area contributed by atoms with E-state index in [2.05, 4.69) is 5.32 Å². The average Bonchev–Trinajstić information content (AvgIpc) is 2.69. The van der Waals surface area contributed by atoms with Crippen LogP contribution in [0.25, 0.3) is 0 Å². The van der Waals surface area contributed by atoms with E-state index in [0.29, 0.717) is 0 Å². The van der Waals surface area contributed by atoms with Crippen LogP contribution in [0, 0.1) is 0 Å². The molecular formula is C19H16Cl3NO5. The number of hydrogen-bond donors (Lipinski definition) is 1. The highest BCUT2D eigenvalue weighted by molar-refractivity contribution is 6.46. The molecule has 0 aliphatic rings. The van der Waals surface area contributed by atoms with E-state index in [4.69, 9.17) is 44.3 Å². The summed E-state index contributed by atoms with van der Waals surface area (Å²) in [6, 6.07) is 11.0. The number of methoxy groups -OCH3 is 1. The van der Waals surface area contributed by atoms with Crippen LogP contribution in [0.4, 0.5) is 0 Å². The van der Waals surface area contributed by atoms with Crippen LogP contribution >= 0.6 is 34.8 Å². The Morgan fingerprint density at radius 3 is 2.29 bits per heavy atom. The molecule has 9 heteroatoms. The first-order valence-electron chi connectivity index (χ1n) is 8.05. The number of carbonyl (C=O) groups excluding carboxylic acids is 3. The second-order valence-electron chi connectivity index (χ2n) is 5.63. The van der Waals surface area contributed by atoms with E-state index in [1.807, 2.05) is 30.3 Å². The lowest BCUT2D eigenvalue weighted by Gasteiger charge is -2.17. The van der Waals surface area contributed by atoms with Crippen molar-refractivity contribution in [2.75, 3.05) is 13.7 Å². The Labute approximate surface area is 176 Å². The number of amides is 1. The van der Waals surface area contributed by atoms with Crippen molar-refractivity contribution in [3.8, 4) is 0 Å². The summed E-state index contributed by atoms with van der Waals surface area (Å²) in [7, 11) is 1.22. The van der Waals surface area contributed by atoms with Crippen LogP contribution in [-0.4, -0.2) is 37.6 Å². The van der Waals surface area contributed by atoms with Gasteiger partial charge in [0.15, 0.2) is 6.61 Å². The Morgan fingerprint density at radius 2 is 1.64 bits per heavy atom. The molecule has 0 heterocycles. The van der Waals surface area contributed by atoms with E-state index >= 15 is 0 Å². The van der Waals surface area contributed by atoms with Gasteiger partial charge in [-0.15, -0.1) is 0 Å². The number of halogens is 3. The quantitative estimate of drug-likeness (QED) is 0.520. The third-order valence-electron chi connectivity index (χ3n) is 3.69. The summed E-state index contributed by atoms with van der Waals surface area (Å²) in [6.45, 7) is -0.639. The second kappa shape index (κ2) is 10.3. The molecule has 0 bridgehead atoms. The third kappa shape index (κ3) is 5.86. The molecule has 0 saturated heterocycles. The van der Waals surface area contributed by atoms with Crippen molar-refractivity contribution in [3.63, 3.8) is 0 Å². The molecule has 2 aromatic rings. The van der Waals surface area contributed by atoms with Gasteiger partial charge in [0.05, 0.1) is 27.7 Å². The highest BCUT2D eigenvalue weighted by atomic mass is 35.5. The fourth-order valence-corrected chi connectivity index (χ4v) is 3.02. The Bertz CT molecular complexity index is 873. The van der Waals surface area contributed by atoms with Crippen LogP contribution in [0.15, 0.2) is 42.5 Å². The predicted molar refractivity (Wildman–Crippen MR) is 106 cm³/mol. The van der Waals surface area contributed by atoms with Crippen molar-refractivity contribution in [2.45, 2.75) is 12.5 Å². The van der Waals surface area contributed by atoms with E-state index < -0.39 is 30.5 Å². The summed E-state index contributed by atoms with van der Waals surface area (Å²) in [5, 5.41) is 2.57. The number of esters is 2. The molecule has 0 aromatic heterocycles. The minimum absolute atomic E-state index is 0.0383. The molecule has 0 radical (unpaired) electrons. The molecule has 2 aromatic carbocycles. The van der Waals surface area contributed by atoms with Gasteiger partial charge in [0.25, 0.3) is 5.91 Å². The van der Waals surface area contributed by atoms with Crippen molar-refractivity contribution in [3.05, 3.63) is 68.7 Å². The maximum absolute atomic E-state index is 12.2. The molecular weight excluding hydrogens is 429 g/mol. The maximum atomic E-state index is 12.2. The van der Waals surface area contributed by atoms with Crippen LogP contribution in [-0.2, 0) is 25.5 Å². The largest absolute Gasteiger partial charge is 0.467 e. The number of nitrogens with one attached hydrogen (secondary N) is 1. The summed E-state index contributed by atoms with van der Waals surface area (Å²) in [5.74, 6) is -2.22. The van der Waals surface area contributed by atoms with Gasteiger partial charge in [0.1, 0.15) is 6.04 Å². The normalized spacial score (nSPS) is 11.4. The third-order valence-corrected chi connectivity index (χ3v) is 4.81. The Morgan fingerprint density at radius 1 is 1.00 bits per heavy atom. The summed E-state index contributed by atoms with van der Waals surface area (Å²) in [5.41, 5.74) is 0.685. The number of benzene rings is 2. The lowest BCUT2D eigenvalue weighted by Crippen LogP contribution is -2.44. The van der Waals surface area contributed by atoms with E-state index in [1.54, 1.807) is 0 Å². The zero-order valence-electron chi connectivity index (χ0n) is 14.7. The van der Waals surface area contributed by atoms with E-state index in [9.17, 15) is 14.4 Å². The van der Waals surface area contributed by atoms with Crippen molar-refractivity contribution in [1.82, 2.24) is 5.32 Å². The van der Waals surface area contributed by atoms with Crippen molar-refractivity contribution in [2.24, 2.45) is 0 Å². The first kappa shape index (κ1) is 22.0. The van der Waals surface area contributed by atoms with Gasteiger partial charge in [-0.1, -0.05) is 65.1 Å². The maximum Gasteiger partial charge on any atom is 0.341 e. The summed E-state index contributed by atoms with van der Waals surface area (Å²) < 4.78 is 9.65. The van der Waals surface area contributed by atoms with Crippen LogP contribution in [0.5, 0.6) is 0 Å². The topological polar surface area (TPSA) is 81.7 Å². The van der Waals surface area contributed by atoms with Crippen molar-refractivity contribution in [1.29, 1.82) is 0 Å². The van der Waals surface area contributed by atoms with Gasteiger partial charge in [0, 0.05) is 6.42 Å². The van der Waals surface area contributed by atoms with Gasteiger partial charge in [-0.25, -0.2) is 9.59 Å². The summed E-state index contributed by atoms with van der Waals surface area (Å²) in [6.07, 6.45) is 0.221. The SMILES string of the molecule is COC(=O)C(Cc1ccccc1)NC(=O)COC(=O)c1c(Cl)ccc(Cl)c1Cl. The van der Waals surface area contributed by atoms with E-state index in [-0.39, 0.29) is 27.1 Å². The first-order valence-corrected chi connectivity index (χ1v) is 9.18. The van der Waals surface area contributed by atoms with Crippen molar-refractivity contribution < 1.29 is 23.9 Å². The van der Waals surface area contributed by atoms with Gasteiger partial charge < -0.3 is 14.8 Å². The molecule has 1 atom stereocenters. The zero-order valence-corrected chi connectivity index (χ0v) is 17.0. The van der Waals surface area contributed by atoms with E-state index in [1.165, 1.54) is 19.2 Å². The number of hydrogen-bond acceptors (Lipinski definition) is 5. The highest BCUT2D eigenvalue weighted by Gasteiger charge is 2.24. The van der Waals surface area contributed by atoms with Crippen LogP contribution < -0.4 is 5.32 Å². The number of rotatable bonds is 7. The molecule has 0 fully saturated rings. The van der Waals surface area contributed by atoms with Gasteiger partial charge in [-0.2, -0.15) is 0 Å². The summed E-state index contributed by atoms with van der Waals surface area (Å²) in [4.78, 5) is 36.3. The minimum atomic E-state index is -0.933. The molecule has 148 valence electrons. The second-order valence-corrected chi connectivity index (χ2v) is 6.82.